The van der Waals surface area contributed by atoms with Crippen LogP contribution in [-0.2, 0) is 15.9 Å². The Morgan fingerprint density at radius 1 is 1.08 bits per heavy atom. The first-order chi connectivity index (χ1) is 17.3. The summed E-state index contributed by atoms with van der Waals surface area (Å²) >= 11 is 0. The Bertz CT molecular complexity index is 1090. The Hall–Kier alpha value is -2.51. The molecule has 0 unspecified atom stereocenters. The molecule has 2 aromatic rings. The normalized spacial score (nSPS) is 21.0. The van der Waals surface area contributed by atoms with Crippen LogP contribution in [0.1, 0.15) is 68.3 Å². The first-order valence-electron chi connectivity index (χ1n) is 13.2. The van der Waals surface area contributed by atoms with Crippen molar-refractivity contribution < 1.29 is 27.8 Å². The molecule has 0 bridgehead atoms. The molecule has 1 amide bonds. The van der Waals surface area contributed by atoms with Gasteiger partial charge in [-0.2, -0.15) is 0 Å². The minimum atomic E-state index is -0.777. The van der Waals surface area contributed by atoms with Gasteiger partial charge in [-0.3, -0.25) is 4.79 Å². The molecule has 2 aromatic carbocycles. The number of carbonyl (C=O) groups excluding carboxylic acids is 1. The highest BCUT2D eigenvalue weighted by Gasteiger charge is 2.41. The van der Waals surface area contributed by atoms with Crippen molar-refractivity contribution in [2.45, 2.75) is 70.6 Å². The van der Waals surface area contributed by atoms with Gasteiger partial charge in [0.1, 0.15) is 11.6 Å². The van der Waals surface area contributed by atoms with Crippen molar-refractivity contribution in [3.05, 3.63) is 59.2 Å². The number of nitrogens with zero attached hydrogens (tertiary/aromatic N) is 1. The first-order valence-corrected chi connectivity index (χ1v) is 13.2. The number of hydrogen-bond donors (Lipinski definition) is 0. The standard InChI is InChI=1S/C29H35F2NO4/c1-19(2)26(16-20-9-11-29(12-10-20)34-14-15-35-29)32-13-3-4-21-5-7-23(18-24(21)28(32)33)36-27-8-6-22(30)17-25(27)31/h5-8,17-20,26H,3-4,9-16H2,1-2H3/t26-/m0/s1. The first kappa shape index (κ1) is 25.2. The lowest BCUT2D eigenvalue weighted by Crippen LogP contribution is -2.45. The number of aryl methyl sites for hydroxylation is 1. The number of fused-ring (bicyclic) bond motifs is 1. The number of amides is 1. The third-order valence-electron chi connectivity index (χ3n) is 7.96. The van der Waals surface area contributed by atoms with Crippen LogP contribution in [-0.4, -0.2) is 42.4 Å². The second kappa shape index (κ2) is 10.5. The van der Waals surface area contributed by atoms with Gasteiger partial charge in [0.15, 0.2) is 17.4 Å². The second-order valence-electron chi connectivity index (χ2n) is 10.7. The number of hydrogen-bond acceptors (Lipinski definition) is 4. The van der Waals surface area contributed by atoms with Gasteiger partial charge in [0.25, 0.3) is 5.91 Å². The molecular formula is C29H35F2NO4. The fourth-order valence-electron chi connectivity index (χ4n) is 5.97. The van der Waals surface area contributed by atoms with E-state index in [1.807, 2.05) is 11.0 Å². The average molecular weight is 500 g/mol. The van der Waals surface area contributed by atoms with Gasteiger partial charge in [0.2, 0.25) is 0 Å². The van der Waals surface area contributed by atoms with Gasteiger partial charge in [0.05, 0.1) is 13.2 Å². The molecule has 0 aromatic heterocycles. The van der Waals surface area contributed by atoms with E-state index in [9.17, 15) is 13.6 Å². The van der Waals surface area contributed by atoms with Gasteiger partial charge in [0, 0.05) is 37.1 Å². The number of carbonyl (C=O) groups is 1. The lowest BCUT2D eigenvalue weighted by molar-refractivity contribution is -0.183. The maximum Gasteiger partial charge on any atom is 0.254 e. The van der Waals surface area contributed by atoms with E-state index in [0.29, 0.717) is 42.9 Å². The predicted octanol–water partition coefficient (Wildman–Crippen LogP) is 6.49. The van der Waals surface area contributed by atoms with Gasteiger partial charge >= 0.3 is 0 Å². The van der Waals surface area contributed by atoms with E-state index in [1.54, 1.807) is 12.1 Å². The lowest BCUT2D eigenvalue weighted by Gasteiger charge is -2.40. The van der Waals surface area contributed by atoms with E-state index in [0.717, 1.165) is 62.6 Å². The van der Waals surface area contributed by atoms with E-state index in [-0.39, 0.29) is 23.5 Å². The summed E-state index contributed by atoms with van der Waals surface area (Å²) in [6, 6.07) is 8.67. The van der Waals surface area contributed by atoms with Crippen molar-refractivity contribution in [2.75, 3.05) is 19.8 Å². The average Bonchev–Trinajstić information content (AvgIpc) is 3.25. The summed E-state index contributed by atoms with van der Waals surface area (Å²) in [5.41, 5.74) is 1.58. The van der Waals surface area contributed by atoms with Crippen LogP contribution in [0.5, 0.6) is 11.5 Å². The molecule has 2 heterocycles. The molecule has 194 valence electrons. The van der Waals surface area contributed by atoms with Crippen LogP contribution >= 0.6 is 0 Å². The van der Waals surface area contributed by atoms with Crippen molar-refractivity contribution in [3.8, 4) is 11.5 Å². The molecule has 2 fully saturated rings. The maximum atomic E-state index is 14.1. The summed E-state index contributed by atoms with van der Waals surface area (Å²) in [6.07, 6.45) is 6.58. The Morgan fingerprint density at radius 2 is 1.83 bits per heavy atom. The number of ether oxygens (including phenoxy) is 3. The van der Waals surface area contributed by atoms with E-state index in [2.05, 4.69) is 13.8 Å². The molecule has 1 aliphatic carbocycles. The Labute approximate surface area is 211 Å². The topological polar surface area (TPSA) is 48.0 Å². The summed E-state index contributed by atoms with van der Waals surface area (Å²) in [5, 5.41) is 0. The fourth-order valence-corrected chi connectivity index (χ4v) is 5.97. The van der Waals surface area contributed by atoms with Gasteiger partial charge < -0.3 is 19.1 Å². The van der Waals surface area contributed by atoms with Gasteiger partial charge in [-0.05, 0) is 73.8 Å². The van der Waals surface area contributed by atoms with Crippen LogP contribution in [0, 0.1) is 23.5 Å². The van der Waals surface area contributed by atoms with E-state index < -0.39 is 11.6 Å². The minimum absolute atomic E-state index is 0.000896. The van der Waals surface area contributed by atoms with Gasteiger partial charge in [-0.15, -0.1) is 0 Å². The smallest absolute Gasteiger partial charge is 0.254 e. The zero-order valence-corrected chi connectivity index (χ0v) is 21.1. The molecule has 5 rings (SSSR count). The third kappa shape index (κ3) is 5.28. The molecular weight excluding hydrogens is 464 g/mol. The predicted molar refractivity (Wildman–Crippen MR) is 132 cm³/mol. The summed E-state index contributed by atoms with van der Waals surface area (Å²) in [5.74, 6) is -0.670. The molecule has 3 aliphatic rings. The monoisotopic (exact) mass is 499 g/mol. The molecule has 0 radical (unpaired) electrons. The van der Waals surface area contributed by atoms with Gasteiger partial charge in [-0.25, -0.2) is 8.78 Å². The maximum absolute atomic E-state index is 14.1. The van der Waals surface area contributed by atoms with Crippen LogP contribution in [0.25, 0.3) is 0 Å². The van der Waals surface area contributed by atoms with Crippen LogP contribution in [0.4, 0.5) is 8.78 Å². The Kier molecular flexibility index (Phi) is 7.31. The van der Waals surface area contributed by atoms with Gasteiger partial charge in [-0.1, -0.05) is 19.9 Å². The zero-order chi connectivity index (χ0) is 25.3. The van der Waals surface area contributed by atoms with Crippen molar-refractivity contribution >= 4 is 5.91 Å². The molecule has 1 saturated carbocycles. The van der Waals surface area contributed by atoms with Crippen molar-refractivity contribution in [1.82, 2.24) is 4.90 Å². The third-order valence-corrected chi connectivity index (χ3v) is 7.96. The van der Waals surface area contributed by atoms with Crippen molar-refractivity contribution in [1.29, 1.82) is 0 Å². The molecule has 1 atom stereocenters. The highest BCUT2D eigenvalue weighted by molar-refractivity contribution is 5.96. The van der Waals surface area contributed by atoms with Crippen LogP contribution in [0.3, 0.4) is 0 Å². The summed E-state index contributed by atoms with van der Waals surface area (Å²) < 4.78 is 44.9. The molecule has 0 N–H and O–H groups in total. The fraction of sp³-hybridized carbons (Fsp3) is 0.552. The molecule has 7 heteroatoms. The summed E-state index contributed by atoms with van der Waals surface area (Å²) in [6.45, 7) is 6.45. The highest BCUT2D eigenvalue weighted by Crippen LogP contribution is 2.41. The zero-order valence-electron chi connectivity index (χ0n) is 21.1. The molecule has 1 spiro atoms. The van der Waals surface area contributed by atoms with Crippen molar-refractivity contribution in [2.24, 2.45) is 11.8 Å². The number of rotatable bonds is 6. The minimum Gasteiger partial charge on any atom is -0.454 e. The van der Waals surface area contributed by atoms with Crippen LogP contribution < -0.4 is 4.74 Å². The number of halogens is 2. The quantitative estimate of drug-likeness (QED) is 0.456. The van der Waals surface area contributed by atoms with Crippen molar-refractivity contribution in [3.63, 3.8) is 0 Å². The second-order valence-corrected chi connectivity index (χ2v) is 10.7. The molecule has 2 aliphatic heterocycles. The van der Waals surface area contributed by atoms with Crippen LogP contribution in [0.2, 0.25) is 0 Å². The molecule has 36 heavy (non-hydrogen) atoms. The lowest BCUT2D eigenvalue weighted by atomic mass is 9.79. The molecule has 5 nitrogen and oxygen atoms in total. The molecule has 1 saturated heterocycles. The largest absolute Gasteiger partial charge is 0.454 e. The SMILES string of the molecule is CC(C)[C@H](CC1CCC2(CC1)OCCO2)N1CCCc2ccc(Oc3ccc(F)cc3F)cc2C1=O. The van der Waals surface area contributed by atoms with E-state index >= 15 is 0 Å². The highest BCUT2D eigenvalue weighted by atomic mass is 19.1. The van der Waals surface area contributed by atoms with E-state index in [1.165, 1.54) is 6.07 Å². The Balaban J connectivity index is 1.32. The summed E-state index contributed by atoms with van der Waals surface area (Å²) in [7, 11) is 0. The number of benzene rings is 2. The van der Waals surface area contributed by atoms with Crippen LogP contribution in [0.15, 0.2) is 36.4 Å². The Morgan fingerprint density at radius 3 is 2.53 bits per heavy atom. The summed E-state index contributed by atoms with van der Waals surface area (Å²) in [4.78, 5) is 15.9. The van der Waals surface area contributed by atoms with E-state index in [4.69, 9.17) is 14.2 Å².